The van der Waals surface area contributed by atoms with Crippen molar-refractivity contribution in [3.63, 3.8) is 0 Å². The van der Waals surface area contributed by atoms with Gasteiger partial charge in [-0.25, -0.2) is 16.8 Å². The molecule has 0 spiro atoms. The Morgan fingerprint density at radius 2 is 1.73 bits per heavy atom. The average molecular weight is 399 g/mol. The monoisotopic (exact) mass is 399 g/mol. The predicted octanol–water partition coefficient (Wildman–Crippen LogP) is 1.93. The zero-order valence-corrected chi connectivity index (χ0v) is 15.6. The minimum absolute atomic E-state index is 0.184. The summed E-state index contributed by atoms with van der Waals surface area (Å²) < 4.78 is 51.2. The molecule has 0 unspecified atom stereocenters. The van der Waals surface area contributed by atoms with E-state index in [1.54, 1.807) is 0 Å². The van der Waals surface area contributed by atoms with Crippen LogP contribution in [0.25, 0.3) is 0 Å². The number of nitrogens with zero attached hydrogens (tertiary/aromatic N) is 2. The Morgan fingerprint density at radius 1 is 1.08 bits per heavy atom. The van der Waals surface area contributed by atoms with Gasteiger partial charge in [-0.05, 0) is 23.8 Å². The molecule has 26 heavy (non-hydrogen) atoms. The summed E-state index contributed by atoms with van der Waals surface area (Å²) in [5.74, 6) is -0.458. The van der Waals surface area contributed by atoms with E-state index in [9.17, 15) is 26.9 Å². The van der Waals surface area contributed by atoms with Crippen LogP contribution in [0.1, 0.15) is 5.56 Å². The molecule has 0 radical (unpaired) electrons. The third-order valence-corrected chi connectivity index (χ3v) is 5.92. The fourth-order valence-corrected chi connectivity index (χ4v) is 3.82. The van der Waals surface area contributed by atoms with Gasteiger partial charge in [0.15, 0.2) is 0 Å². The van der Waals surface area contributed by atoms with Crippen LogP contribution in [0.5, 0.6) is 0 Å². The summed E-state index contributed by atoms with van der Waals surface area (Å²) in [4.78, 5) is 10.2. The molecule has 11 heteroatoms. The standard InChI is InChI=1S/C15H17N3O6S2/c1-17(25(2,21)22)14-7-4-6-13(10-14)16-26(23,24)11-12-5-3-8-15(9-12)18(19)20/h3-10,16H,11H2,1-2H3. The Morgan fingerprint density at radius 3 is 2.35 bits per heavy atom. The molecule has 0 atom stereocenters. The van der Waals surface area contributed by atoms with Crippen LogP contribution in [0.2, 0.25) is 0 Å². The SMILES string of the molecule is CN(c1cccc(NS(=O)(=O)Cc2cccc([N+](=O)[O-])c2)c1)S(C)(=O)=O. The Hall–Kier alpha value is -2.66. The van der Waals surface area contributed by atoms with Gasteiger partial charge in [0.05, 0.1) is 28.3 Å². The quantitative estimate of drug-likeness (QED) is 0.560. The van der Waals surface area contributed by atoms with Crippen LogP contribution < -0.4 is 9.03 Å². The number of benzene rings is 2. The van der Waals surface area contributed by atoms with Gasteiger partial charge in [0.1, 0.15) is 0 Å². The molecule has 140 valence electrons. The Bertz CT molecular complexity index is 1030. The molecule has 0 aliphatic heterocycles. The van der Waals surface area contributed by atoms with Crippen LogP contribution in [0, 0.1) is 10.1 Å². The lowest BCUT2D eigenvalue weighted by molar-refractivity contribution is -0.384. The number of nitro benzene ring substituents is 1. The third-order valence-electron chi connectivity index (χ3n) is 3.46. The van der Waals surface area contributed by atoms with Gasteiger partial charge >= 0.3 is 0 Å². The van der Waals surface area contributed by atoms with E-state index >= 15 is 0 Å². The zero-order chi connectivity index (χ0) is 19.5. The highest BCUT2D eigenvalue weighted by Gasteiger charge is 2.16. The van der Waals surface area contributed by atoms with Crippen molar-refractivity contribution in [2.24, 2.45) is 0 Å². The highest BCUT2D eigenvalue weighted by molar-refractivity contribution is 7.92. The highest BCUT2D eigenvalue weighted by Crippen LogP contribution is 2.22. The molecular weight excluding hydrogens is 382 g/mol. The normalized spacial score (nSPS) is 11.8. The second-order valence-corrected chi connectivity index (χ2v) is 9.31. The molecule has 0 fully saturated rings. The van der Waals surface area contributed by atoms with Crippen molar-refractivity contribution in [1.82, 2.24) is 0 Å². The number of nitrogens with one attached hydrogen (secondary N) is 1. The number of hydrogen-bond donors (Lipinski definition) is 1. The highest BCUT2D eigenvalue weighted by atomic mass is 32.2. The molecule has 0 aliphatic rings. The van der Waals surface area contributed by atoms with E-state index in [-0.39, 0.29) is 16.9 Å². The molecule has 2 aromatic rings. The largest absolute Gasteiger partial charge is 0.283 e. The topological polar surface area (TPSA) is 127 Å². The number of rotatable bonds is 7. The maximum Gasteiger partial charge on any atom is 0.269 e. The lowest BCUT2D eigenvalue weighted by Gasteiger charge is -2.17. The van der Waals surface area contributed by atoms with Crippen LogP contribution in [0.15, 0.2) is 48.5 Å². The summed E-state index contributed by atoms with van der Waals surface area (Å²) in [7, 11) is -5.98. The number of anilines is 2. The van der Waals surface area contributed by atoms with Crippen LogP contribution in [-0.2, 0) is 25.8 Å². The first-order chi connectivity index (χ1) is 12.0. The molecular formula is C15H17N3O6S2. The fraction of sp³-hybridized carbons (Fsp3) is 0.200. The lowest BCUT2D eigenvalue weighted by atomic mass is 10.2. The van der Waals surface area contributed by atoms with E-state index in [1.165, 1.54) is 55.6 Å². The van der Waals surface area contributed by atoms with Gasteiger partial charge in [-0.3, -0.25) is 19.1 Å². The molecule has 9 nitrogen and oxygen atoms in total. The maximum atomic E-state index is 12.3. The van der Waals surface area contributed by atoms with Crippen molar-refractivity contribution in [3.8, 4) is 0 Å². The maximum absolute atomic E-state index is 12.3. The first kappa shape index (κ1) is 19.7. The van der Waals surface area contributed by atoms with Gasteiger partial charge in [-0.15, -0.1) is 0 Å². The minimum Gasteiger partial charge on any atom is -0.283 e. The summed E-state index contributed by atoms with van der Waals surface area (Å²) in [5.41, 5.74) is 0.539. The molecule has 0 saturated heterocycles. The fourth-order valence-electron chi connectivity index (χ4n) is 2.15. The van der Waals surface area contributed by atoms with E-state index < -0.39 is 30.7 Å². The van der Waals surface area contributed by atoms with Gasteiger partial charge in [-0.2, -0.15) is 0 Å². The number of sulfonamides is 2. The van der Waals surface area contributed by atoms with Crippen molar-refractivity contribution in [1.29, 1.82) is 0 Å². The van der Waals surface area contributed by atoms with Crippen LogP contribution in [-0.4, -0.2) is 35.1 Å². The summed E-state index contributed by atoms with van der Waals surface area (Å²) in [6.07, 6.45) is 1.03. The first-order valence-corrected chi connectivity index (χ1v) is 10.8. The molecule has 0 aromatic heterocycles. The molecule has 0 amide bonds. The smallest absolute Gasteiger partial charge is 0.269 e. The summed E-state index contributed by atoms with van der Waals surface area (Å²) in [6, 6.07) is 11.2. The summed E-state index contributed by atoms with van der Waals surface area (Å²) in [6.45, 7) is 0. The first-order valence-electron chi connectivity index (χ1n) is 7.26. The molecule has 0 heterocycles. The Labute approximate surface area is 151 Å². The van der Waals surface area contributed by atoms with E-state index in [0.717, 1.165) is 10.6 Å². The van der Waals surface area contributed by atoms with E-state index in [4.69, 9.17) is 0 Å². The van der Waals surface area contributed by atoms with Crippen LogP contribution in [0.3, 0.4) is 0 Å². The van der Waals surface area contributed by atoms with Gasteiger partial charge in [0.2, 0.25) is 20.0 Å². The minimum atomic E-state index is -3.85. The summed E-state index contributed by atoms with van der Waals surface area (Å²) in [5, 5.41) is 10.8. The van der Waals surface area contributed by atoms with Gasteiger partial charge < -0.3 is 0 Å². The van der Waals surface area contributed by atoms with Crippen LogP contribution in [0.4, 0.5) is 17.1 Å². The van der Waals surface area contributed by atoms with Crippen molar-refractivity contribution in [3.05, 3.63) is 64.2 Å². The van der Waals surface area contributed by atoms with E-state index in [1.807, 2.05) is 0 Å². The van der Waals surface area contributed by atoms with Crippen molar-refractivity contribution in [2.45, 2.75) is 5.75 Å². The molecule has 2 aromatic carbocycles. The third kappa shape index (κ3) is 5.17. The van der Waals surface area contributed by atoms with Crippen LogP contribution >= 0.6 is 0 Å². The average Bonchev–Trinajstić information content (AvgIpc) is 2.52. The lowest BCUT2D eigenvalue weighted by Crippen LogP contribution is -2.25. The molecule has 0 aliphatic carbocycles. The zero-order valence-electron chi connectivity index (χ0n) is 14.0. The van der Waals surface area contributed by atoms with Gasteiger partial charge in [0, 0.05) is 19.2 Å². The predicted molar refractivity (Wildman–Crippen MR) is 99.0 cm³/mol. The summed E-state index contributed by atoms with van der Waals surface area (Å²) >= 11 is 0. The second-order valence-electron chi connectivity index (χ2n) is 5.57. The Kier molecular flexibility index (Phi) is 5.52. The van der Waals surface area contributed by atoms with Crippen molar-refractivity contribution >= 4 is 37.1 Å². The number of hydrogen-bond acceptors (Lipinski definition) is 6. The second kappa shape index (κ2) is 7.30. The molecule has 0 saturated carbocycles. The molecule has 1 N–H and O–H groups in total. The number of non-ortho nitro benzene ring substituents is 1. The van der Waals surface area contributed by atoms with Crippen molar-refractivity contribution in [2.75, 3.05) is 22.3 Å². The molecule has 2 rings (SSSR count). The van der Waals surface area contributed by atoms with E-state index in [0.29, 0.717) is 5.69 Å². The number of nitro groups is 1. The van der Waals surface area contributed by atoms with Gasteiger partial charge in [-0.1, -0.05) is 18.2 Å². The Balaban J connectivity index is 2.22. The van der Waals surface area contributed by atoms with E-state index in [2.05, 4.69) is 4.72 Å². The van der Waals surface area contributed by atoms with Gasteiger partial charge in [0.25, 0.3) is 5.69 Å². The van der Waals surface area contributed by atoms with Crippen molar-refractivity contribution < 1.29 is 21.8 Å². The molecule has 0 bridgehead atoms.